The van der Waals surface area contributed by atoms with Crippen molar-refractivity contribution in [3.05, 3.63) is 102 Å². The van der Waals surface area contributed by atoms with Gasteiger partial charge in [-0.2, -0.15) is 5.10 Å². The average molecular weight is 512 g/mol. The number of fused-ring (bicyclic) bond motifs is 2. The summed E-state index contributed by atoms with van der Waals surface area (Å²) in [5.74, 6) is -0.490. The van der Waals surface area contributed by atoms with E-state index in [2.05, 4.69) is 21.5 Å². The number of amides is 1. The van der Waals surface area contributed by atoms with E-state index in [9.17, 15) is 13.6 Å². The molecule has 0 saturated heterocycles. The molecule has 3 heterocycles. The second-order valence-electron chi connectivity index (χ2n) is 8.55. The first-order valence-corrected chi connectivity index (χ1v) is 12.3. The summed E-state index contributed by atoms with van der Waals surface area (Å²) in [4.78, 5) is 22.3. The van der Waals surface area contributed by atoms with Crippen molar-refractivity contribution in [1.82, 2.24) is 19.6 Å². The van der Waals surface area contributed by atoms with Crippen molar-refractivity contribution in [2.45, 2.75) is 13.3 Å². The molecule has 0 saturated carbocycles. The van der Waals surface area contributed by atoms with Gasteiger partial charge in [0.25, 0.3) is 12.3 Å². The van der Waals surface area contributed by atoms with E-state index in [1.54, 1.807) is 47.7 Å². The van der Waals surface area contributed by atoms with Crippen LogP contribution in [0.25, 0.3) is 37.7 Å². The zero-order chi connectivity index (χ0) is 25.5. The summed E-state index contributed by atoms with van der Waals surface area (Å²) in [7, 11) is 0. The quantitative estimate of drug-likeness (QED) is 0.266. The molecule has 9 heteroatoms. The van der Waals surface area contributed by atoms with E-state index in [0.29, 0.717) is 16.9 Å². The maximum absolute atomic E-state index is 13.8. The number of hydrogen-bond donors (Lipinski definition) is 1. The predicted molar refractivity (Wildman–Crippen MR) is 141 cm³/mol. The minimum Gasteiger partial charge on any atom is -0.322 e. The largest absolute Gasteiger partial charge is 0.322 e. The number of nitrogens with one attached hydrogen (secondary N) is 1. The maximum Gasteiger partial charge on any atom is 0.280 e. The van der Waals surface area contributed by atoms with Crippen LogP contribution >= 0.6 is 11.3 Å². The van der Waals surface area contributed by atoms with Gasteiger partial charge in [0, 0.05) is 16.8 Å². The first kappa shape index (κ1) is 22.9. The van der Waals surface area contributed by atoms with Crippen LogP contribution in [-0.4, -0.2) is 25.5 Å². The van der Waals surface area contributed by atoms with Crippen LogP contribution in [0, 0.1) is 6.92 Å². The topological polar surface area (TPSA) is 72.2 Å². The van der Waals surface area contributed by atoms with Gasteiger partial charge in [0.05, 0.1) is 22.1 Å². The molecular formula is C28H19F2N5OS. The van der Waals surface area contributed by atoms with E-state index < -0.39 is 12.3 Å². The number of rotatable bonds is 5. The molecule has 3 aromatic carbocycles. The van der Waals surface area contributed by atoms with Gasteiger partial charge in [-0.05, 0) is 55.0 Å². The molecule has 0 aliphatic carbocycles. The Morgan fingerprint density at radius 2 is 1.73 bits per heavy atom. The number of nitrogens with zero attached hydrogens (tertiary/aromatic N) is 4. The molecule has 1 N–H and O–H groups in total. The van der Waals surface area contributed by atoms with Crippen LogP contribution in [0.3, 0.4) is 0 Å². The molecule has 0 spiro atoms. The lowest BCUT2D eigenvalue weighted by atomic mass is 10.1. The van der Waals surface area contributed by atoms with Crippen LogP contribution in [0.15, 0.2) is 85.1 Å². The number of benzene rings is 3. The van der Waals surface area contributed by atoms with Crippen LogP contribution in [0.4, 0.5) is 14.5 Å². The van der Waals surface area contributed by atoms with Crippen molar-refractivity contribution in [3.8, 4) is 21.8 Å². The number of anilines is 1. The number of hydrogen-bond acceptors (Lipinski definition) is 5. The van der Waals surface area contributed by atoms with Gasteiger partial charge < -0.3 is 5.32 Å². The summed E-state index contributed by atoms with van der Waals surface area (Å²) in [6, 6.07) is 23.8. The Morgan fingerprint density at radius 3 is 2.49 bits per heavy atom. The second kappa shape index (κ2) is 9.18. The maximum atomic E-state index is 13.8. The smallest absolute Gasteiger partial charge is 0.280 e. The van der Waals surface area contributed by atoms with Crippen molar-refractivity contribution >= 4 is 38.8 Å². The van der Waals surface area contributed by atoms with Crippen molar-refractivity contribution in [2.24, 2.45) is 0 Å². The molecule has 0 bridgehead atoms. The van der Waals surface area contributed by atoms with Crippen molar-refractivity contribution in [1.29, 1.82) is 0 Å². The Hall–Kier alpha value is -4.50. The third-order valence-corrected chi connectivity index (χ3v) is 7.04. The number of carbonyl (C=O) groups is 1. The van der Waals surface area contributed by atoms with Gasteiger partial charge in [0.15, 0.2) is 5.65 Å². The Kier molecular flexibility index (Phi) is 5.69. The van der Waals surface area contributed by atoms with E-state index in [0.717, 1.165) is 25.3 Å². The SMILES string of the molecule is Cc1ccc2nc(-c3ccc(NC(=O)c4cnn5c(C(F)F)cc(-c6ccccc6)nc45)cc3)sc2c1. The van der Waals surface area contributed by atoms with E-state index in [1.165, 1.54) is 17.8 Å². The molecule has 0 fully saturated rings. The Balaban J connectivity index is 1.30. The number of thiazole rings is 1. The molecule has 37 heavy (non-hydrogen) atoms. The van der Waals surface area contributed by atoms with Crippen molar-refractivity contribution in [3.63, 3.8) is 0 Å². The normalized spacial score (nSPS) is 11.5. The molecule has 182 valence electrons. The highest BCUT2D eigenvalue weighted by Gasteiger charge is 2.21. The van der Waals surface area contributed by atoms with Crippen LogP contribution < -0.4 is 5.32 Å². The highest BCUT2D eigenvalue weighted by Crippen LogP contribution is 2.32. The zero-order valence-corrected chi connectivity index (χ0v) is 20.3. The molecule has 1 amide bonds. The molecular weight excluding hydrogens is 492 g/mol. The number of aryl methyl sites for hydroxylation is 1. The monoisotopic (exact) mass is 511 g/mol. The van der Waals surface area contributed by atoms with Gasteiger partial charge in [-0.1, -0.05) is 36.4 Å². The van der Waals surface area contributed by atoms with Gasteiger partial charge in [-0.25, -0.2) is 23.3 Å². The molecule has 0 atom stereocenters. The molecule has 0 radical (unpaired) electrons. The van der Waals surface area contributed by atoms with Gasteiger partial charge in [0.2, 0.25) is 0 Å². The van der Waals surface area contributed by atoms with Crippen LogP contribution in [0.5, 0.6) is 0 Å². The van der Waals surface area contributed by atoms with Crippen LogP contribution in [0.2, 0.25) is 0 Å². The fourth-order valence-electron chi connectivity index (χ4n) is 4.11. The third kappa shape index (κ3) is 4.34. The predicted octanol–water partition coefficient (Wildman–Crippen LogP) is 7.17. The zero-order valence-electron chi connectivity index (χ0n) is 19.5. The standard InChI is InChI=1S/C28H19F2N5OS/c1-16-7-12-21-24(13-16)37-28(34-21)18-8-10-19(11-9-18)32-27(36)20-15-31-35-23(25(29)30)14-22(33-26(20)35)17-5-3-2-4-6-17/h2-15,25H,1H3,(H,32,36). The van der Waals surface area contributed by atoms with Crippen molar-refractivity contribution in [2.75, 3.05) is 5.32 Å². The van der Waals surface area contributed by atoms with Crippen molar-refractivity contribution < 1.29 is 13.6 Å². The third-order valence-electron chi connectivity index (χ3n) is 5.97. The van der Waals surface area contributed by atoms with E-state index in [4.69, 9.17) is 4.98 Å². The lowest BCUT2D eigenvalue weighted by Crippen LogP contribution is -2.12. The highest BCUT2D eigenvalue weighted by molar-refractivity contribution is 7.21. The molecule has 6 nitrogen and oxygen atoms in total. The van der Waals surface area contributed by atoms with Crippen LogP contribution in [-0.2, 0) is 0 Å². The average Bonchev–Trinajstić information content (AvgIpc) is 3.53. The lowest BCUT2D eigenvalue weighted by Gasteiger charge is -2.09. The van der Waals surface area contributed by atoms with E-state index in [1.807, 2.05) is 37.3 Å². The fraction of sp³-hybridized carbons (Fsp3) is 0.0714. The number of alkyl halides is 2. The Labute approximate surface area is 214 Å². The van der Waals surface area contributed by atoms with E-state index in [-0.39, 0.29) is 16.9 Å². The summed E-state index contributed by atoms with van der Waals surface area (Å²) >= 11 is 1.61. The number of halogens is 2. The summed E-state index contributed by atoms with van der Waals surface area (Å²) in [5.41, 5.74) is 4.45. The molecule has 6 rings (SSSR count). The first-order chi connectivity index (χ1) is 18.0. The molecule has 0 unspecified atom stereocenters. The number of carbonyl (C=O) groups excluding carboxylic acids is 1. The lowest BCUT2D eigenvalue weighted by molar-refractivity contribution is 0.102. The summed E-state index contributed by atoms with van der Waals surface area (Å²) < 4.78 is 29.8. The summed E-state index contributed by atoms with van der Waals surface area (Å²) in [5, 5.41) is 7.73. The van der Waals surface area contributed by atoms with E-state index >= 15 is 0 Å². The fourth-order valence-corrected chi connectivity index (χ4v) is 5.18. The molecule has 6 aromatic rings. The molecule has 3 aromatic heterocycles. The summed E-state index contributed by atoms with van der Waals surface area (Å²) in [6.07, 6.45) is -1.53. The summed E-state index contributed by atoms with van der Waals surface area (Å²) in [6.45, 7) is 2.05. The Bertz CT molecular complexity index is 1760. The minimum atomic E-state index is -2.79. The van der Waals surface area contributed by atoms with Gasteiger partial charge in [-0.3, -0.25) is 4.79 Å². The second-order valence-corrected chi connectivity index (χ2v) is 9.58. The number of aromatic nitrogens is 4. The van der Waals surface area contributed by atoms with Gasteiger partial charge in [0.1, 0.15) is 16.3 Å². The highest BCUT2D eigenvalue weighted by atomic mass is 32.1. The minimum absolute atomic E-state index is 0.0653. The van der Waals surface area contributed by atoms with Gasteiger partial charge >= 0.3 is 0 Å². The van der Waals surface area contributed by atoms with Crippen LogP contribution in [0.1, 0.15) is 28.0 Å². The van der Waals surface area contributed by atoms with Gasteiger partial charge in [-0.15, -0.1) is 11.3 Å². The first-order valence-electron chi connectivity index (χ1n) is 11.5. The Morgan fingerprint density at radius 1 is 0.946 bits per heavy atom. The molecule has 0 aliphatic heterocycles. The molecule has 0 aliphatic rings.